The van der Waals surface area contributed by atoms with Gasteiger partial charge in [0.15, 0.2) is 11.5 Å². The third-order valence-corrected chi connectivity index (χ3v) is 3.96. The first-order valence-electron chi connectivity index (χ1n) is 7.96. The van der Waals surface area contributed by atoms with Gasteiger partial charge in [-0.25, -0.2) is 9.97 Å². The van der Waals surface area contributed by atoms with Crippen molar-refractivity contribution in [3.63, 3.8) is 0 Å². The molecule has 0 fully saturated rings. The maximum atomic E-state index is 9.20. The second-order valence-corrected chi connectivity index (χ2v) is 5.58. The number of hydrogen-bond donors (Lipinski definition) is 1. The van der Waals surface area contributed by atoms with E-state index >= 15 is 0 Å². The first-order chi connectivity index (χ1) is 12.2. The van der Waals surface area contributed by atoms with Crippen LogP contribution in [0.1, 0.15) is 17.0 Å². The molecule has 124 valence electrons. The second-order valence-electron chi connectivity index (χ2n) is 5.58. The van der Waals surface area contributed by atoms with Gasteiger partial charge in [-0.1, -0.05) is 42.5 Å². The van der Waals surface area contributed by atoms with E-state index in [0.717, 1.165) is 34.7 Å². The Kier molecular flexibility index (Phi) is 4.91. The SMILES string of the molecule is COc1ccc(CCc2nc(C#N)c(N)nc2-c2ccccc2)cc1. The van der Waals surface area contributed by atoms with Gasteiger partial charge < -0.3 is 10.5 Å². The van der Waals surface area contributed by atoms with Crippen molar-refractivity contribution in [2.75, 3.05) is 12.8 Å². The lowest BCUT2D eigenvalue weighted by molar-refractivity contribution is 0.414. The number of aryl methyl sites for hydroxylation is 2. The summed E-state index contributed by atoms with van der Waals surface area (Å²) in [7, 11) is 1.65. The van der Waals surface area contributed by atoms with Crippen LogP contribution in [0.3, 0.4) is 0 Å². The number of nitrogens with zero attached hydrogens (tertiary/aromatic N) is 3. The van der Waals surface area contributed by atoms with Crippen LogP contribution in [0, 0.1) is 11.3 Å². The van der Waals surface area contributed by atoms with Crippen LogP contribution in [0.4, 0.5) is 5.82 Å². The predicted molar refractivity (Wildman–Crippen MR) is 97.0 cm³/mol. The average molecular weight is 330 g/mol. The van der Waals surface area contributed by atoms with E-state index < -0.39 is 0 Å². The summed E-state index contributed by atoms with van der Waals surface area (Å²) < 4.78 is 5.18. The molecule has 2 aromatic carbocycles. The molecular weight excluding hydrogens is 312 g/mol. The maximum absolute atomic E-state index is 9.20. The molecule has 0 amide bonds. The summed E-state index contributed by atoms with van der Waals surface area (Å²) in [6.07, 6.45) is 1.45. The number of benzene rings is 2. The lowest BCUT2D eigenvalue weighted by Gasteiger charge is -2.10. The minimum absolute atomic E-state index is 0.162. The van der Waals surface area contributed by atoms with E-state index in [0.29, 0.717) is 6.42 Å². The first kappa shape index (κ1) is 16.5. The van der Waals surface area contributed by atoms with Crippen LogP contribution < -0.4 is 10.5 Å². The van der Waals surface area contributed by atoms with E-state index in [4.69, 9.17) is 10.5 Å². The van der Waals surface area contributed by atoms with E-state index in [9.17, 15) is 5.26 Å². The number of anilines is 1. The van der Waals surface area contributed by atoms with Crippen LogP contribution in [0.15, 0.2) is 54.6 Å². The van der Waals surface area contributed by atoms with Crippen molar-refractivity contribution in [3.05, 3.63) is 71.5 Å². The summed E-state index contributed by atoms with van der Waals surface area (Å²) in [5.74, 6) is 0.988. The molecule has 2 N–H and O–H groups in total. The van der Waals surface area contributed by atoms with Crippen molar-refractivity contribution in [2.24, 2.45) is 0 Å². The highest BCUT2D eigenvalue weighted by molar-refractivity contribution is 5.64. The summed E-state index contributed by atoms with van der Waals surface area (Å²) in [6.45, 7) is 0. The van der Waals surface area contributed by atoms with Crippen molar-refractivity contribution in [2.45, 2.75) is 12.8 Å². The van der Waals surface area contributed by atoms with Gasteiger partial charge in [-0.15, -0.1) is 0 Å². The molecule has 1 heterocycles. The van der Waals surface area contributed by atoms with E-state index in [1.54, 1.807) is 7.11 Å². The number of nitriles is 1. The molecule has 0 aliphatic carbocycles. The molecule has 0 aliphatic rings. The summed E-state index contributed by atoms with van der Waals surface area (Å²) in [4.78, 5) is 8.87. The summed E-state index contributed by atoms with van der Waals surface area (Å²) in [5, 5.41) is 9.20. The van der Waals surface area contributed by atoms with Gasteiger partial charge >= 0.3 is 0 Å². The van der Waals surface area contributed by atoms with Crippen LogP contribution in [-0.2, 0) is 12.8 Å². The summed E-state index contributed by atoms with van der Waals surface area (Å²) in [6, 6.07) is 19.7. The maximum Gasteiger partial charge on any atom is 0.183 e. The molecule has 5 heteroatoms. The monoisotopic (exact) mass is 330 g/mol. The van der Waals surface area contributed by atoms with Gasteiger partial charge in [0, 0.05) is 5.56 Å². The van der Waals surface area contributed by atoms with Gasteiger partial charge in [0.2, 0.25) is 0 Å². The Hall–Kier alpha value is -3.39. The topological polar surface area (TPSA) is 84.8 Å². The van der Waals surface area contributed by atoms with Crippen LogP contribution in [0.2, 0.25) is 0 Å². The molecular formula is C20H18N4O. The number of aromatic nitrogens is 2. The second kappa shape index (κ2) is 7.45. The molecule has 0 saturated carbocycles. The number of ether oxygens (including phenoxy) is 1. The summed E-state index contributed by atoms with van der Waals surface area (Å²) in [5.41, 5.74) is 9.64. The molecule has 3 aromatic rings. The summed E-state index contributed by atoms with van der Waals surface area (Å²) >= 11 is 0. The Morgan fingerprint density at radius 1 is 1.00 bits per heavy atom. The fourth-order valence-electron chi connectivity index (χ4n) is 2.62. The van der Waals surface area contributed by atoms with Gasteiger partial charge in [-0.3, -0.25) is 0 Å². The molecule has 0 spiro atoms. The zero-order valence-electron chi connectivity index (χ0n) is 13.9. The molecule has 25 heavy (non-hydrogen) atoms. The van der Waals surface area contributed by atoms with Gasteiger partial charge in [0.05, 0.1) is 18.5 Å². The van der Waals surface area contributed by atoms with Gasteiger partial charge in [-0.2, -0.15) is 5.26 Å². The Bertz CT molecular complexity index is 899. The average Bonchev–Trinajstić information content (AvgIpc) is 2.68. The molecule has 5 nitrogen and oxygen atoms in total. The zero-order chi connectivity index (χ0) is 17.6. The van der Waals surface area contributed by atoms with Crippen molar-refractivity contribution in [1.29, 1.82) is 5.26 Å². The standard InChI is InChI=1S/C20H18N4O/c1-25-16-10-7-14(8-11-16)9-12-17-19(15-5-3-2-4-6-15)24-20(22)18(13-21)23-17/h2-8,10-11H,9,12H2,1H3,(H2,22,24). The first-order valence-corrected chi connectivity index (χ1v) is 7.96. The van der Waals surface area contributed by atoms with Gasteiger partial charge in [0.1, 0.15) is 11.8 Å². The quantitative estimate of drug-likeness (QED) is 0.775. The third-order valence-electron chi connectivity index (χ3n) is 3.96. The van der Waals surface area contributed by atoms with Crippen molar-refractivity contribution >= 4 is 5.82 Å². The van der Waals surface area contributed by atoms with Crippen LogP contribution >= 0.6 is 0 Å². The highest BCUT2D eigenvalue weighted by Crippen LogP contribution is 2.24. The molecule has 0 radical (unpaired) electrons. The highest BCUT2D eigenvalue weighted by Gasteiger charge is 2.13. The third kappa shape index (κ3) is 3.75. The van der Waals surface area contributed by atoms with Crippen molar-refractivity contribution < 1.29 is 4.74 Å². The fourth-order valence-corrected chi connectivity index (χ4v) is 2.62. The lowest BCUT2D eigenvalue weighted by Crippen LogP contribution is -2.06. The Balaban J connectivity index is 1.92. The van der Waals surface area contributed by atoms with Gasteiger partial charge in [0.25, 0.3) is 0 Å². The lowest BCUT2D eigenvalue weighted by atomic mass is 10.0. The molecule has 0 bridgehead atoms. The van der Waals surface area contributed by atoms with E-state index in [1.807, 2.05) is 60.7 Å². The van der Waals surface area contributed by atoms with Crippen molar-refractivity contribution in [3.8, 4) is 23.1 Å². The molecule has 0 saturated heterocycles. The number of nitrogen functional groups attached to an aromatic ring is 1. The van der Waals surface area contributed by atoms with Crippen molar-refractivity contribution in [1.82, 2.24) is 9.97 Å². The van der Waals surface area contributed by atoms with E-state index in [1.165, 1.54) is 0 Å². The van der Waals surface area contributed by atoms with Crippen LogP contribution in [0.5, 0.6) is 5.75 Å². The van der Waals surface area contributed by atoms with Gasteiger partial charge in [-0.05, 0) is 30.5 Å². The molecule has 0 unspecified atom stereocenters. The van der Waals surface area contributed by atoms with E-state index in [-0.39, 0.29) is 11.5 Å². The number of rotatable bonds is 5. The Labute approximate surface area is 146 Å². The highest BCUT2D eigenvalue weighted by atomic mass is 16.5. The van der Waals surface area contributed by atoms with Crippen LogP contribution in [-0.4, -0.2) is 17.1 Å². The minimum atomic E-state index is 0.162. The largest absolute Gasteiger partial charge is 0.497 e. The molecule has 1 aromatic heterocycles. The smallest absolute Gasteiger partial charge is 0.183 e. The number of nitrogens with two attached hydrogens (primary N) is 1. The zero-order valence-corrected chi connectivity index (χ0v) is 13.9. The minimum Gasteiger partial charge on any atom is -0.497 e. The van der Waals surface area contributed by atoms with Crippen LogP contribution in [0.25, 0.3) is 11.3 Å². The Morgan fingerprint density at radius 3 is 2.36 bits per heavy atom. The number of hydrogen-bond acceptors (Lipinski definition) is 5. The number of methoxy groups -OCH3 is 1. The predicted octanol–water partition coefficient (Wildman–Crippen LogP) is 3.39. The molecule has 0 aliphatic heterocycles. The normalized spacial score (nSPS) is 10.2. The fraction of sp³-hybridized carbons (Fsp3) is 0.150. The molecule has 0 atom stereocenters. The molecule has 3 rings (SSSR count). The van der Waals surface area contributed by atoms with E-state index in [2.05, 4.69) is 9.97 Å². The Morgan fingerprint density at radius 2 is 1.72 bits per heavy atom.